The summed E-state index contributed by atoms with van der Waals surface area (Å²) in [4.78, 5) is 0.792. The van der Waals surface area contributed by atoms with Gasteiger partial charge in [-0.25, -0.2) is 4.39 Å². The molecule has 54 valence electrons. The molecule has 0 unspecified atom stereocenters. The summed E-state index contributed by atoms with van der Waals surface area (Å²) in [7, 11) is 0. The van der Waals surface area contributed by atoms with Gasteiger partial charge in [0.05, 0.1) is 0 Å². The fourth-order valence-corrected chi connectivity index (χ4v) is 1.14. The molecule has 0 atom stereocenters. The molecule has 0 amide bonds. The molecule has 1 rings (SSSR count). The zero-order valence-electron chi connectivity index (χ0n) is 5.60. The van der Waals surface area contributed by atoms with Crippen LogP contribution in [0.25, 0.3) is 0 Å². The first kappa shape index (κ1) is 7.57. The van der Waals surface area contributed by atoms with Gasteiger partial charge in [0, 0.05) is 4.90 Å². The predicted molar refractivity (Wildman–Crippen MR) is 41.2 cm³/mol. The van der Waals surface area contributed by atoms with Crippen molar-refractivity contribution in [3.05, 3.63) is 29.6 Å². The summed E-state index contributed by atoms with van der Waals surface area (Å²) in [5.74, 6) is -0.237. The van der Waals surface area contributed by atoms with Crippen molar-refractivity contribution in [1.29, 1.82) is 0 Å². The van der Waals surface area contributed by atoms with Crippen molar-refractivity contribution in [3.8, 4) is 0 Å². The van der Waals surface area contributed by atoms with Crippen molar-refractivity contribution in [3.63, 3.8) is 0 Å². The third-order valence-corrected chi connectivity index (χ3v) is 1.97. The molecule has 0 aliphatic rings. The van der Waals surface area contributed by atoms with Gasteiger partial charge in [-0.15, -0.1) is 0 Å². The summed E-state index contributed by atoms with van der Waals surface area (Å²) in [6.45, 7) is 1.90. The molecular formula is C7H8FNS. The third kappa shape index (κ3) is 1.49. The van der Waals surface area contributed by atoms with E-state index in [0.29, 0.717) is 0 Å². The molecule has 0 aromatic heterocycles. The van der Waals surface area contributed by atoms with Crippen LogP contribution in [0.3, 0.4) is 0 Å². The summed E-state index contributed by atoms with van der Waals surface area (Å²) in [5, 5.41) is 5.27. The monoisotopic (exact) mass is 157 g/mol. The molecule has 10 heavy (non-hydrogen) atoms. The van der Waals surface area contributed by atoms with Gasteiger partial charge in [-0.1, -0.05) is 6.07 Å². The molecule has 0 saturated heterocycles. The van der Waals surface area contributed by atoms with Crippen LogP contribution in [0.5, 0.6) is 0 Å². The van der Waals surface area contributed by atoms with Gasteiger partial charge in [0.15, 0.2) is 0 Å². The Hall–Kier alpha value is -0.540. The van der Waals surface area contributed by atoms with Gasteiger partial charge >= 0.3 is 0 Å². The first-order valence-electron chi connectivity index (χ1n) is 2.87. The van der Waals surface area contributed by atoms with Gasteiger partial charge in [0.25, 0.3) is 0 Å². The first-order valence-corrected chi connectivity index (χ1v) is 3.75. The summed E-state index contributed by atoms with van der Waals surface area (Å²) in [5.41, 5.74) is 1.01. The maximum Gasteiger partial charge on any atom is 0.124 e. The second kappa shape index (κ2) is 3.03. The lowest BCUT2D eigenvalue weighted by atomic mass is 10.2. The van der Waals surface area contributed by atoms with Crippen LogP contribution in [-0.2, 0) is 0 Å². The Bertz CT molecular complexity index is 237. The zero-order valence-corrected chi connectivity index (χ0v) is 6.41. The van der Waals surface area contributed by atoms with Crippen molar-refractivity contribution >= 4 is 11.9 Å². The van der Waals surface area contributed by atoms with Crippen molar-refractivity contribution < 1.29 is 4.39 Å². The standard InChI is InChI=1S/C7H8FNS/c1-5-2-3-6(8)4-7(5)10-9/h2-4H,9H2,1H3. The second-order valence-electron chi connectivity index (χ2n) is 2.03. The number of hydrogen-bond acceptors (Lipinski definition) is 2. The van der Waals surface area contributed by atoms with Crippen LogP contribution in [0, 0.1) is 12.7 Å². The third-order valence-electron chi connectivity index (χ3n) is 1.28. The lowest BCUT2D eigenvalue weighted by Gasteiger charge is -1.99. The highest BCUT2D eigenvalue weighted by Gasteiger charge is 1.97. The zero-order chi connectivity index (χ0) is 7.56. The number of halogens is 1. The van der Waals surface area contributed by atoms with E-state index in [4.69, 9.17) is 5.14 Å². The van der Waals surface area contributed by atoms with E-state index >= 15 is 0 Å². The van der Waals surface area contributed by atoms with Crippen molar-refractivity contribution in [2.24, 2.45) is 5.14 Å². The largest absolute Gasteiger partial charge is 0.274 e. The molecule has 2 N–H and O–H groups in total. The van der Waals surface area contributed by atoms with Crippen LogP contribution in [0.15, 0.2) is 23.1 Å². The van der Waals surface area contributed by atoms with Crippen molar-refractivity contribution in [1.82, 2.24) is 0 Å². The molecule has 0 aliphatic heterocycles. The highest BCUT2D eigenvalue weighted by atomic mass is 32.2. The molecule has 0 saturated carbocycles. The Morgan fingerprint density at radius 1 is 1.50 bits per heavy atom. The number of hydrogen-bond donors (Lipinski definition) is 1. The van der Waals surface area contributed by atoms with E-state index in [1.54, 1.807) is 6.07 Å². The first-order chi connectivity index (χ1) is 4.74. The maximum absolute atomic E-state index is 12.5. The lowest BCUT2D eigenvalue weighted by molar-refractivity contribution is 0.623. The minimum absolute atomic E-state index is 0.237. The normalized spacial score (nSPS) is 9.90. The van der Waals surface area contributed by atoms with Crippen LogP contribution in [0.1, 0.15) is 5.56 Å². The molecule has 3 heteroatoms. The molecule has 0 spiro atoms. The van der Waals surface area contributed by atoms with E-state index in [0.717, 1.165) is 22.4 Å². The van der Waals surface area contributed by atoms with Crippen LogP contribution in [0.2, 0.25) is 0 Å². The maximum atomic E-state index is 12.5. The van der Waals surface area contributed by atoms with Crippen LogP contribution < -0.4 is 5.14 Å². The summed E-state index contributed by atoms with van der Waals surface area (Å²) in [6.07, 6.45) is 0. The van der Waals surface area contributed by atoms with E-state index in [-0.39, 0.29) is 5.82 Å². The van der Waals surface area contributed by atoms with Gasteiger partial charge in [-0.2, -0.15) is 0 Å². The van der Waals surface area contributed by atoms with Gasteiger partial charge in [-0.3, -0.25) is 5.14 Å². The van der Waals surface area contributed by atoms with E-state index < -0.39 is 0 Å². The molecule has 1 aromatic carbocycles. The van der Waals surface area contributed by atoms with Gasteiger partial charge in [-0.05, 0) is 36.6 Å². The minimum Gasteiger partial charge on any atom is -0.274 e. The Balaban J connectivity index is 3.09. The number of rotatable bonds is 1. The van der Waals surface area contributed by atoms with E-state index in [1.165, 1.54) is 12.1 Å². The highest BCUT2D eigenvalue weighted by Crippen LogP contribution is 2.17. The number of benzene rings is 1. The lowest BCUT2D eigenvalue weighted by Crippen LogP contribution is -1.85. The molecular weight excluding hydrogens is 149 g/mol. The average molecular weight is 157 g/mol. The molecule has 1 nitrogen and oxygen atoms in total. The SMILES string of the molecule is Cc1ccc(F)cc1SN. The molecule has 0 aliphatic carbocycles. The van der Waals surface area contributed by atoms with Crippen molar-refractivity contribution in [2.45, 2.75) is 11.8 Å². The van der Waals surface area contributed by atoms with Crippen LogP contribution in [-0.4, -0.2) is 0 Å². The van der Waals surface area contributed by atoms with E-state index in [9.17, 15) is 4.39 Å². The van der Waals surface area contributed by atoms with Gasteiger partial charge in [0.2, 0.25) is 0 Å². The average Bonchev–Trinajstić information content (AvgIpc) is 1.94. The topological polar surface area (TPSA) is 26.0 Å². The van der Waals surface area contributed by atoms with Gasteiger partial charge in [0.1, 0.15) is 5.82 Å². The van der Waals surface area contributed by atoms with E-state index in [1.807, 2.05) is 6.92 Å². The van der Waals surface area contributed by atoms with E-state index in [2.05, 4.69) is 0 Å². The quantitative estimate of drug-likeness (QED) is 0.632. The summed E-state index contributed by atoms with van der Waals surface area (Å²) in [6, 6.07) is 4.57. The summed E-state index contributed by atoms with van der Waals surface area (Å²) >= 11 is 1.07. The summed E-state index contributed by atoms with van der Waals surface area (Å²) < 4.78 is 12.5. The Morgan fingerprint density at radius 2 is 2.20 bits per heavy atom. The molecule has 0 fully saturated rings. The highest BCUT2D eigenvalue weighted by molar-refractivity contribution is 7.97. The van der Waals surface area contributed by atoms with Crippen molar-refractivity contribution in [2.75, 3.05) is 0 Å². The fourth-order valence-electron chi connectivity index (χ4n) is 0.701. The smallest absolute Gasteiger partial charge is 0.124 e. The Kier molecular flexibility index (Phi) is 2.29. The van der Waals surface area contributed by atoms with Gasteiger partial charge < -0.3 is 0 Å². The second-order valence-corrected chi connectivity index (χ2v) is 2.70. The number of nitrogens with two attached hydrogens (primary N) is 1. The Morgan fingerprint density at radius 3 is 2.70 bits per heavy atom. The van der Waals surface area contributed by atoms with Crippen LogP contribution in [0.4, 0.5) is 4.39 Å². The van der Waals surface area contributed by atoms with Crippen LogP contribution >= 0.6 is 11.9 Å². The Labute approximate surface area is 63.6 Å². The minimum atomic E-state index is -0.237. The molecule has 0 radical (unpaired) electrons. The fraction of sp³-hybridized carbons (Fsp3) is 0.143. The molecule has 0 bridgehead atoms. The molecule has 0 heterocycles. The number of aryl methyl sites for hydroxylation is 1. The predicted octanol–water partition coefficient (Wildman–Crippen LogP) is 2.10. The molecule has 1 aromatic rings.